The molecule has 10 nitrogen and oxygen atoms in total. The predicted molar refractivity (Wildman–Crippen MR) is 154 cm³/mol. The third-order valence-corrected chi connectivity index (χ3v) is 8.70. The highest BCUT2D eigenvalue weighted by atomic mass is 35.5. The van der Waals surface area contributed by atoms with Gasteiger partial charge in [-0.3, -0.25) is 19.2 Å². The third-order valence-electron chi connectivity index (χ3n) is 8.26. The van der Waals surface area contributed by atoms with Gasteiger partial charge in [0.15, 0.2) is 5.72 Å². The van der Waals surface area contributed by atoms with Gasteiger partial charge in [0.1, 0.15) is 17.2 Å². The van der Waals surface area contributed by atoms with Gasteiger partial charge in [0.05, 0.1) is 40.9 Å². The molecule has 43 heavy (non-hydrogen) atoms. The van der Waals surface area contributed by atoms with Crippen LogP contribution in [0.3, 0.4) is 0 Å². The van der Waals surface area contributed by atoms with Crippen LogP contribution in [-0.2, 0) is 34.4 Å². The van der Waals surface area contributed by atoms with Gasteiger partial charge < -0.3 is 15.6 Å². The lowest BCUT2D eigenvalue weighted by Crippen LogP contribution is -2.48. The van der Waals surface area contributed by atoms with Crippen LogP contribution in [0, 0.1) is 11.2 Å². The SMILES string of the molecule is Cn1cc(C(C)(O)c2cc(F)c3c(c2)C(=O)N(Cc2ncc(Cl)cn2)[C@@]3(OCC2(C(N)=O)CC2)c2ccc(Cl)cc2)cn1. The standard InChI is InChI=1S/C30H27Cl2FN6O4/c1-28(42,19-11-37-38(2)14-19)18-9-22-25(23(33)10-18)30(17-3-5-20(31)6-4-17,43-16-29(7-8-29)27(34)41)39(26(22)40)15-24-35-12-21(32)13-36-24/h3-6,9-14,42H,7-8,15-16H2,1-2H3,(H2,34,41)/t28?,30-/m1/s1. The molecular formula is C30H27Cl2FN6O4. The van der Waals surface area contributed by atoms with Crippen molar-refractivity contribution in [3.05, 3.63) is 111 Å². The molecule has 2 aromatic carbocycles. The van der Waals surface area contributed by atoms with Crippen molar-refractivity contribution in [3.8, 4) is 0 Å². The van der Waals surface area contributed by atoms with Crippen molar-refractivity contribution in [2.45, 2.75) is 37.6 Å². The van der Waals surface area contributed by atoms with Crippen molar-refractivity contribution < 1.29 is 23.8 Å². The molecule has 2 aliphatic rings. The zero-order valence-electron chi connectivity index (χ0n) is 23.2. The molecule has 1 aliphatic carbocycles. The monoisotopic (exact) mass is 624 g/mol. The molecule has 0 bridgehead atoms. The van der Waals surface area contributed by atoms with Crippen LogP contribution in [0.2, 0.25) is 10.0 Å². The van der Waals surface area contributed by atoms with Crippen LogP contribution in [0.15, 0.2) is 61.2 Å². The van der Waals surface area contributed by atoms with Crippen molar-refractivity contribution in [2.24, 2.45) is 18.2 Å². The Morgan fingerprint density at radius 1 is 1.12 bits per heavy atom. The number of ether oxygens (including phenoxy) is 1. The van der Waals surface area contributed by atoms with E-state index in [2.05, 4.69) is 15.1 Å². The molecule has 4 aromatic rings. The lowest BCUT2D eigenvalue weighted by atomic mass is 9.85. The van der Waals surface area contributed by atoms with E-state index in [1.54, 1.807) is 37.5 Å². The molecule has 3 heterocycles. The summed E-state index contributed by atoms with van der Waals surface area (Å²) in [6.07, 6.45) is 6.84. The summed E-state index contributed by atoms with van der Waals surface area (Å²) in [4.78, 5) is 36.5. The molecule has 3 N–H and O–H groups in total. The number of benzene rings is 2. The molecular weight excluding hydrogens is 598 g/mol. The molecule has 222 valence electrons. The Hall–Kier alpha value is -3.90. The molecule has 0 spiro atoms. The quantitative estimate of drug-likeness (QED) is 0.287. The normalized spacial score (nSPS) is 20.1. The van der Waals surface area contributed by atoms with Crippen LogP contribution in [0.25, 0.3) is 0 Å². The summed E-state index contributed by atoms with van der Waals surface area (Å²) in [6, 6.07) is 9.08. The van der Waals surface area contributed by atoms with Gasteiger partial charge >= 0.3 is 0 Å². The van der Waals surface area contributed by atoms with E-state index < -0.39 is 34.4 Å². The predicted octanol–water partition coefficient (Wildman–Crippen LogP) is 4.05. The third kappa shape index (κ3) is 4.86. The molecule has 2 aromatic heterocycles. The first-order chi connectivity index (χ1) is 20.4. The van der Waals surface area contributed by atoms with Gasteiger partial charge in [0, 0.05) is 41.8 Å². The van der Waals surface area contributed by atoms with Crippen LogP contribution in [0.1, 0.15) is 58.2 Å². The summed E-state index contributed by atoms with van der Waals surface area (Å²) in [5.41, 5.74) is 2.00. The number of hydrogen-bond acceptors (Lipinski definition) is 7. The first-order valence-corrected chi connectivity index (χ1v) is 14.2. The zero-order valence-corrected chi connectivity index (χ0v) is 24.7. The van der Waals surface area contributed by atoms with Crippen molar-refractivity contribution >= 4 is 35.0 Å². The second-order valence-corrected chi connectivity index (χ2v) is 12.0. The number of nitrogens with zero attached hydrogens (tertiary/aromatic N) is 5. The zero-order chi connectivity index (χ0) is 30.7. The van der Waals surface area contributed by atoms with Crippen molar-refractivity contribution in [3.63, 3.8) is 0 Å². The topological polar surface area (TPSA) is 136 Å². The molecule has 2 amide bonds. The molecule has 13 heteroatoms. The van der Waals surface area contributed by atoms with Crippen molar-refractivity contribution in [1.82, 2.24) is 24.6 Å². The minimum atomic E-state index is -1.87. The number of hydrogen-bond donors (Lipinski definition) is 2. The van der Waals surface area contributed by atoms with E-state index in [9.17, 15) is 14.7 Å². The second-order valence-electron chi connectivity index (χ2n) is 11.1. The summed E-state index contributed by atoms with van der Waals surface area (Å²) >= 11 is 12.2. The highest BCUT2D eigenvalue weighted by molar-refractivity contribution is 6.30. The largest absolute Gasteiger partial charge is 0.381 e. The van der Waals surface area contributed by atoms with Crippen LogP contribution < -0.4 is 5.73 Å². The Kier molecular flexibility index (Phi) is 7.04. The highest BCUT2D eigenvalue weighted by Gasteiger charge is 2.58. The molecule has 0 saturated heterocycles. The number of carbonyl (C=O) groups is 2. The minimum Gasteiger partial charge on any atom is -0.381 e. The van der Waals surface area contributed by atoms with Gasteiger partial charge in [-0.2, -0.15) is 5.10 Å². The molecule has 6 rings (SSSR count). The van der Waals surface area contributed by atoms with E-state index in [0.717, 1.165) is 0 Å². The Labute approximate surface area is 256 Å². The van der Waals surface area contributed by atoms with Gasteiger partial charge in [-0.1, -0.05) is 35.3 Å². The number of halogens is 3. The smallest absolute Gasteiger partial charge is 0.257 e. The van der Waals surface area contributed by atoms with E-state index in [0.29, 0.717) is 34.0 Å². The molecule has 1 saturated carbocycles. The average molecular weight is 625 g/mol. The number of aromatic nitrogens is 4. The fraction of sp³-hybridized carbons (Fsp3) is 0.300. The van der Waals surface area contributed by atoms with Crippen molar-refractivity contribution in [1.29, 1.82) is 0 Å². The summed E-state index contributed by atoms with van der Waals surface area (Å²) in [7, 11) is 1.69. The Morgan fingerprint density at radius 2 is 1.79 bits per heavy atom. The van der Waals surface area contributed by atoms with E-state index in [-0.39, 0.29) is 35.7 Å². The second kappa shape index (κ2) is 10.4. The summed E-state index contributed by atoms with van der Waals surface area (Å²) in [5, 5.41) is 16.3. The number of amides is 2. The van der Waals surface area contributed by atoms with Gasteiger partial charge in [0.2, 0.25) is 5.91 Å². The van der Waals surface area contributed by atoms with E-state index in [1.807, 2.05) is 0 Å². The number of nitrogens with two attached hydrogens (primary N) is 1. The average Bonchev–Trinajstić information content (AvgIpc) is 3.58. The number of aliphatic hydroxyl groups is 1. The fourth-order valence-corrected chi connectivity index (χ4v) is 5.70. The first kappa shape index (κ1) is 29.2. The van der Waals surface area contributed by atoms with E-state index in [1.165, 1.54) is 47.2 Å². The van der Waals surface area contributed by atoms with E-state index >= 15 is 4.39 Å². The molecule has 0 radical (unpaired) electrons. The number of primary amides is 1. The fourth-order valence-electron chi connectivity index (χ4n) is 5.47. The van der Waals surface area contributed by atoms with E-state index in [4.69, 9.17) is 33.7 Å². The maximum Gasteiger partial charge on any atom is 0.257 e. The van der Waals surface area contributed by atoms with Crippen LogP contribution >= 0.6 is 23.2 Å². The summed E-state index contributed by atoms with van der Waals surface area (Å²) in [6.45, 7) is 1.12. The molecule has 1 fully saturated rings. The van der Waals surface area contributed by atoms with Crippen molar-refractivity contribution in [2.75, 3.05) is 6.61 Å². The molecule has 1 aliphatic heterocycles. The number of carbonyl (C=O) groups excluding carboxylic acids is 2. The van der Waals surface area contributed by atoms with Crippen LogP contribution in [0.5, 0.6) is 0 Å². The number of aryl methyl sites for hydroxylation is 1. The minimum absolute atomic E-state index is 0.0352. The first-order valence-electron chi connectivity index (χ1n) is 13.4. The van der Waals surface area contributed by atoms with Crippen LogP contribution in [-0.4, -0.2) is 48.2 Å². The molecule has 2 atom stereocenters. The number of rotatable bonds is 9. The Balaban J connectivity index is 1.57. The maximum absolute atomic E-state index is 16.6. The van der Waals surface area contributed by atoms with Gasteiger partial charge in [-0.15, -0.1) is 0 Å². The molecule has 1 unspecified atom stereocenters. The highest BCUT2D eigenvalue weighted by Crippen LogP contribution is 2.52. The van der Waals surface area contributed by atoms with Gasteiger partial charge in [-0.25, -0.2) is 14.4 Å². The summed E-state index contributed by atoms with van der Waals surface area (Å²) < 4.78 is 24.7. The Morgan fingerprint density at radius 3 is 2.37 bits per heavy atom. The summed E-state index contributed by atoms with van der Waals surface area (Å²) in [5.74, 6) is -1.73. The lowest BCUT2D eigenvalue weighted by Gasteiger charge is -2.40. The number of fused-ring (bicyclic) bond motifs is 1. The maximum atomic E-state index is 16.6. The van der Waals surface area contributed by atoms with Gasteiger partial charge in [-0.05, 0) is 49.6 Å². The lowest BCUT2D eigenvalue weighted by molar-refractivity contribution is -0.142. The van der Waals surface area contributed by atoms with Crippen LogP contribution in [0.4, 0.5) is 4.39 Å². The Bertz CT molecular complexity index is 1740. The van der Waals surface area contributed by atoms with Gasteiger partial charge in [0.25, 0.3) is 5.91 Å².